The number of benzene rings is 1. The number of thiophene rings is 1. The number of aromatic hydroxyl groups is 1. The number of nitrogens with two attached hydrogens (primary N) is 1. The Bertz CT molecular complexity index is 592. The van der Waals surface area contributed by atoms with Crippen LogP contribution < -0.4 is 5.73 Å². The first-order valence-corrected chi connectivity index (χ1v) is 6.68. The fourth-order valence-corrected chi connectivity index (χ4v) is 2.74. The Morgan fingerprint density at radius 2 is 2.16 bits per heavy atom. The van der Waals surface area contributed by atoms with E-state index in [4.69, 9.17) is 5.73 Å². The Morgan fingerprint density at radius 1 is 1.47 bits per heavy atom. The number of hydrogen-bond acceptors (Lipinski definition) is 5. The van der Waals surface area contributed by atoms with Crippen LogP contribution in [0.25, 0.3) is 0 Å². The van der Waals surface area contributed by atoms with E-state index in [-0.39, 0.29) is 28.3 Å². The molecule has 0 aliphatic heterocycles. The summed E-state index contributed by atoms with van der Waals surface area (Å²) in [6.07, 6.45) is 0. The third kappa shape index (κ3) is 3.24. The molecule has 2 aromatic rings. The predicted octanol–water partition coefficient (Wildman–Crippen LogP) is 3.59. The molecule has 8 heteroatoms. The molecule has 1 heterocycles. The standard InChI is InChI=1S/C11H9BrN2O3S.ClH/c12-9-4-7(14(16)17)3-8(11(9)15)10(13)6-1-2-18-5-6;/h1-5,10,15H,13H2;1H/t10-;/m1./s1. The number of nitro groups is 1. The van der Waals surface area contributed by atoms with Crippen molar-refractivity contribution in [3.8, 4) is 5.75 Å². The topological polar surface area (TPSA) is 89.4 Å². The largest absolute Gasteiger partial charge is 0.506 e. The van der Waals surface area contributed by atoms with Gasteiger partial charge < -0.3 is 10.8 Å². The van der Waals surface area contributed by atoms with E-state index in [1.165, 1.54) is 23.5 Å². The van der Waals surface area contributed by atoms with Crippen molar-refractivity contribution >= 4 is 45.4 Å². The molecule has 0 bridgehead atoms. The molecule has 0 aliphatic rings. The molecule has 102 valence electrons. The number of nitro benzene ring substituents is 1. The van der Waals surface area contributed by atoms with Gasteiger partial charge in [0.15, 0.2) is 0 Å². The van der Waals surface area contributed by atoms with E-state index < -0.39 is 11.0 Å². The second-order valence-electron chi connectivity index (χ2n) is 3.66. The Hall–Kier alpha value is -1.15. The molecule has 1 aromatic heterocycles. The van der Waals surface area contributed by atoms with Crippen molar-refractivity contribution in [1.29, 1.82) is 0 Å². The lowest BCUT2D eigenvalue weighted by Gasteiger charge is -2.13. The van der Waals surface area contributed by atoms with Gasteiger partial charge in [-0.25, -0.2) is 0 Å². The molecule has 1 aromatic carbocycles. The fourth-order valence-electron chi connectivity index (χ4n) is 1.58. The highest BCUT2D eigenvalue weighted by atomic mass is 79.9. The summed E-state index contributed by atoms with van der Waals surface area (Å²) >= 11 is 4.57. The van der Waals surface area contributed by atoms with E-state index in [0.29, 0.717) is 5.56 Å². The molecule has 0 amide bonds. The first-order chi connectivity index (χ1) is 8.50. The summed E-state index contributed by atoms with van der Waals surface area (Å²) in [5.74, 6) is -0.0701. The molecule has 0 radical (unpaired) electrons. The molecular formula is C11H10BrClN2O3S. The normalized spacial score (nSPS) is 11.7. The van der Waals surface area contributed by atoms with Gasteiger partial charge in [-0.3, -0.25) is 10.1 Å². The van der Waals surface area contributed by atoms with Crippen LogP contribution in [0.15, 0.2) is 33.4 Å². The maximum absolute atomic E-state index is 10.8. The van der Waals surface area contributed by atoms with Gasteiger partial charge in [0, 0.05) is 17.7 Å². The van der Waals surface area contributed by atoms with Crippen molar-refractivity contribution in [3.05, 3.63) is 54.7 Å². The number of rotatable bonds is 3. The maximum Gasteiger partial charge on any atom is 0.271 e. The van der Waals surface area contributed by atoms with Crippen LogP contribution in [0, 0.1) is 10.1 Å². The summed E-state index contributed by atoms with van der Waals surface area (Å²) in [4.78, 5) is 10.3. The lowest BCUT2D eigenvalue weighted by molar-refractivity contribution is -0.385. The summed E-state index contributed by atoms with van der Waals surface area (Å²) in [5.41, 5.74) is 7.03. The number of hydrogen-bond donors (Lipinski definition) is 2. The average Bonchev–Trinajstić information content (AvgIpc) is 2.85. The Labute approximate surface area is 127 Å². The van der Waals surface area contributed by atoms with E-state index in [9.17, 15) is 15.2 Å². The van der Waals surface area contributed by atoms with Crippen LogP contribution in [0.5, 0.6) is 5.75 Å². The highest BCUT2D eigenvalue weighted by molar-refractivity contribution is 9.10. The van der Waals surface area contributed by atoms with E-state index >= 15 is 0 Å². The van der Waals surface area contributed by atoms with Crippen LogP contribution in [-0.2, 0) is 0 Å². The molecule has 3 N–H and O–H groups in total. The van der Waals surface area contributed by atoms with E-state index in [1.807, 2.05) is 16.8 Å². The third-order valence-electron chi connectivity index (χ3n) is 2.53. The van der Waals surface area contributed by atoms with Crippen LogP contribution >= 0.6 is 39.7 Å². The summed E-state index contributed by atoms with van der Waals surface area (Å²) in [7, 11) is 0. The van der Waals surface area contributed by atoms with E-state index in [1.54, 1.807) is 0 Å². The highest BCUT2D eigenvalue weighted by Crippen LogP contribution is 2.37. The van der Waals surface area contributed by atoms with Gasteiger partial charge in [-0.1, -0.05) is 0 Å². The van der Waals surface area contributed by atoms with Crippen LogP contribution in [0.4, 0.5) is 5.69 Å². The zero-order valence-corrected chi connectivity index (χ0v) is 12.7. The molecule has 1 atom stereocenters. The summed E-state index contributed by atoms with van der Waals surface area (Å²) in [6, 6.07) is 3.77. The van der Waals surface area contributed by atoms with Gasteiger partial charge in [0.25, 0.3) is 5.69 Å². The molecule has 0 aliphatic carbocycles. The van der Waals surface area contributed by atoms with Crippen molar-refractivity contribution < 1.29 is 10.0 Å². The van der Waals surface area contributed by atoms with Crippen LogP contribution in [0.1, 0.15) is 17.2 Å². The summed E-state index contributed by atoms with van der Waals surface area (Å²) < 4.78 is 0.261. The van der Waals surface area contributed by atoms with Crippen molar-refractivity contribution in [2.45, 2.75) is 6.04 Å². The Balaban J connectivity index is 0.00000180. The van der Waals surface area contributed by atoms with Gasteiger partial charge >= 0.3 is 0 Å². The lowest BCUT2D eigenvalue weighted by atomic mass is 10.0. The van der Waals surface area contributed by atoms with Crippen LogP contribution in [0.2, 0.25) is 0 Å². The van der Waals surface area contributed by atoms with Crippen molar-refractivity contribution in [2.24, 2.45) is 5.73 Å². The molecule has 2 rings (SSSR count). The highest BCUT2D eigenvalue weighted by Gasteiger charge is 2.20. The zero-order valence-electron chi connectivity index (χ0n) is 9.45. The minimum atomic E-state index is -0.590. The van der Waals surface area contributed by atoms with Crippen LogP contribution in [0.3, 0.4) is 0 Å². The lowest BCUT2D eigenvalue weighted by Crippen LogP contribution is -2.11. The zero-order chi connectivity index (χ0) is 13.3. The van der Waals surface area contributed by atoms with Crippen LogP contribution in [-0.4, -0.2) is 10.0 Å². The van der Waals surface area contributed by atoms with Gasteiger partial charge in [-0.2, -0.15) is 11.3 Å². The van der Waals surface area contributed by atoms with Gasteiger partial charge in [0.2, 0.25) is 0 Å². The minimum Gasteiger partial charge on any atom is -0.506 e. The Kier molecular flexibility index (Phi) is 5.30. The second kappa shape index (κ2) is 6.33. The van der Waals surface area contributed by atoms with Gasteiger partial charge in [0.05, 0.1) is 15.4 Å². The maximum atomic E-state index is 10.8. The van der Waals surface area contributed by atoms with Crippen molar-refractivity contribution in [1.82, 2.24) is 0 Å². The molecule has 0 saturated carbocycles. The Morgan fingerprint density at radius 3 is 2.68 bits per heavy atom. The third-order valence-corrected chi connectivity index (χ3v) is 3.83. The molecule has 0 unspecified atom stereocenters. The molecular weight excluding hydrogens is 356 g/mol. The van der Waals surface area contributed by atoms with E-state index in [0.717, 1.165) is 5.56 Å². The number of phenolic OH excluding ortho intramolecular Hbond substituents is 1. The molecule has 0 spiro atoms. The minimum absolute atomic E-state index is 0. The molecule has 0 fully saturated rings. The van der Waals surface area contributed by atoms with Crippen molar-refractivity contribution in [2.75, 3.05) is 0 Å². The number of phenols is 1. The first-order valence-electron chi connectivity index (χ1n) is 4.95. The first kappa shape index (κ1) is 15.9. The monoisotopic (exact) mass is 364 g/mol. The number of nitrogens with zero attached hydrogens (tertiary/aromatic N) is 1. The number of halogens is 2. The predicted molar refractivity (Wildman–Crippen MR) is 80.1 cm³/mol. The molecule has 0 saturated heterocycles. The summed E-state index contributed by atoms with van der Waals surface area (Å²) in [6.45, 7) is 0. The smallest absolute Gasteiger partial charge is 0.271 e. The average molecular weight is 366 g/mol. The number of non-ortho nitro benzene ring substituents is 1. The van der Waals surface area contributed by atoms with Gasteiger partial charge in [0.1, 0.15) is 5.75 Å². The SMILES string of the molecule is Cl.N[C@H](c1ccsc1)c1cc([N+](=O)[O-])cc(Br)c1O. The fraction of sp³-hybridized carbons (Fsp3) is 0.0909. The van der Waals surface area contributed by atoms with Gasteiger partial charge in [-0.15, -0.1) is 12.4 Å². The second-order valence-corrected chi connectivity index (χ2v) is 5.29. The summed E-state index contributed by atoms with van der Waals surface area (Å²) in [5, 5.41) is 24.4. The quantitative estimate of drug-likeness (QED) is 0.642. The molecule has 5 nitrogen and oxygen atoms in total. The van der Waals surface area contributed by atoms with Crippen molar-refractivity contribution in [3.63, 3.8) is 0 Å². The van der Waals surface area contributed by atoms with Gasteiger partial charge in [-0.05, 0) is 38.3 Å². The van der Waals surface area contributed by atoms with E-state index in [2.05, 4.69) is 15.9 Å². The molecule has 19 heavy (non-hydrogen) atoms.